The number of ether oxygens (including phenoxy) is 1. The third kappa shape index (κ3) is 4.33. The van der Waals surface area contributed by atoms with Gasteiger partial charge in [-0.1, -0.05) is 6.92 Å². The van der Waals surface area contributed by atoms with Crippen molar-refractivity contribution < 1.29 is 24.2 Å². The first-order chi connectivity index (χ1) is 9.98. The Hall–Kier alpha value is -1.83. The van der Waals surface area contributed by atoms with Gasteiger partial charge in [0.25, 0.3) is 0 Å². The molecule has 8 nitrogen and oxygen atoms in total. The Balaban J connectivity index is 2.96. The highest BCUT2D eigenvalue weighted by molar-refractivity contribution is 5.99. The van der Waals surface area contributed by atoms with Crippen molar-refractivity contribution in [3.8, 4) is 0 Å². The minimum atomic E-state index is -1.61. The van der Waals surface area contributed by atoms with Gasteiger partial charge in [-0.15, -0.1) is 0 Å². The van der Waals surface area contributed by atoms with Crippen LogP contribution in [0.25, 0.3) is 0 Å². The molecule has 2 amide bonds. The monoisotopic (exact) mass is 315 g/mol. The molecule has 126 valence electrons. The van der Waals surface area contributed by atoms with E-state index in [2.05, 4.69) is 10.9 Å². The third-order valence-corrected chi connectivity index (χ3v) is 3.86. The second-order valence-corrected chi connectivity index (χ2v) is 6.85. The molecule has 1 aliphatic carbocycles. The molecule has 0 unspecified atom stereocenters. The van der Waals surface area contributed by atoms with E-state index in [0.29, 0.717) is 6.42 Å². The van der Waals surface area contributed by atoms with Gasteiger partial charge in [0.1, 0.15) is 5.60 Å². The molecule has 0 aromatic rings. The molecule has 1 fully saturated rings. The number of nitrogens with one attached hydrogen (secondary N) is 2. The van der Waals surface area contributed by atoms with Crippen LogP contribution in [0.3, 0.4) is 0 Å². The van der Waals surface area contributed by atoms with Gasteiger partial charge < -0.3 is 15.6 Å². The molecule has 22 heavy (non-hydrogen) atoms. The van der Waals surface area contributed by atoms with E-state index in [9.17, 15) is 19.5 Å². The Morgan fingerprint density at radius 3 is 2.36 bits per heavy atom. The molecule has 0 bridgehead atoms. The van der Waals surface area contributed by atoms with Crippen molar-refractivity contribution in [2.24, 2.45) is 17.1 Å². The van der Waals surface area contributed by atoms with Crippen LogP contribution in [0.15, 0.2) is 0 Å². The summed E-state index contributed by atoms with van der Waals surface area (Å²) in [5, 5.41) is 9.60. The summed E-state index contributed by atoms with van der Waals surface area (Å²) in [6, 6.07) is -1.15. The Bertz CT molecular complexity index is 460. The minimum Gasteiger partial charge on any atom is -0.480 e. The molecular weight excluding hydrogens is 290 g/mol. The van der Waals surface area contributed by atoms with E-state index in [-0.39, 0.29) is 24.8 Å². The number of carbonyl (C=O) groups excluding carboxylic acids is 2. The van der Waals surface area contributed by atoms with Gasteiger partial charge in [0.2, 0.25) is 0 Å². The SMILES string of the molecule is C[C@@H]1CC[C@](C(=O)O)(C(=O)OC(C)(C)C)C[C@@H]1NNC(N)=O. The number of urea groups is 1. The average Bonchev–Trinajstić information content (AvgIpc) is 2.35. The summed E-state index contributed by atoms with van der Waals surface area (Å²) in [6.07, 6.45) is 0.746. The third-order valence-electron chi connectivity index (χ3n) is 3.86. The van der Waals surface area contributed by atoms with Crippen LogP contribution < -0.4 is 16.6 Å². The second-order valence-electron chi connectivity index (χ2n) is 6.85. The van der Waals surface area contributed by atoms with Crippen LogP contribution in [0, 0.1) is 11.3 Å². The number of rotatable bonds is 4. The van der Waals surface area contributed by atoms with Crippen LogP contribution in [0.1, 0.15) is 47.0 Å². The minimum absolute atomic E-state index is 0.0265. The van der Waals surface area contributed by atoms with E-state index in [4.69, 9.17) is 10.5 Å². The highest BCUT2D eigenvalue weighted by atomic mass is 16.6. The van der Waals surface area contributed by atoms with E-state index in [1.807, 2.05) is 6.92 Å². The Morgan fingerprint density at radius 1 is 1.32 bits per heavy atom. The summed E-state index contributed by atoms with van der Waals surface area (Å²) in [7, 11) is 0. The van der Waals surface area contributed by atoms with Gasteiger partial charge in [0, 0.05) is 6.04 Å². The fourth-order valence-electron chi connectivity index (χ4n) is 2.55. The summed E-state index contributed by atoms with van der Waals surface area (Å²) in [5.41, 5.74) is 7.58. The molecular formula is C14H25N3O5. The smallest absolute Gasteiger partial charge is 0.326 e. The molecule has 0 aromatic carbocycles. The van der Waals surface area contributed by atoms with Crippen molar-refractivity contribution >= 4 is 18.0 Å². The molecule has 0 radical (unpaired) electrons. The Labute approximate surface area is 129 Å². The number of esters is 1. The molecule has 1 rings (SSSR count). The van der Waals surface area contributed by atoms with Crippen molar-refractivity contribution in [1.82, 2.24) is 10.9 Å². The quantitative estimate of drug-likeness (QED) is 0.344. The fourth-order valence-corrected chi connectivity index (χ4v) is 2.55. The Morgan fingerprint density at radius 2 is 1.91 bits per heavy atom. The van der Waals surface area contributed by atoms with Crippen molar-refractivity contribution in [3.63, 3.8) is 0 Å². The zero-order valence-electron chi connectivity index (χ0n) is 13.4. The lowest BCUT2D eigenvalue weighted by atomic mass is 9.68. The summed E-state index contributed by atoms with van der Waals surface area (Å²) >= 11 is 0. The molecule has 5 N–H and O–H groups in total. The molecule has 1 aliphatic rings. The molecule has 3 atom stereocenters. The maximum absolute atomic E-state index is 12.4. The van der Waals surface area contributed by atoms with Crippen LogP contribution in [-0.2, 0) is 14.3 Å². The van der Waals surface area contributed by atoms with Crippen LogP contribution in [-0.4, -0.2) is 34.7 Å². The highest BCUT2D eigenvalue weighted by Crippen LogP contribution is 2.41. The van der Waals surface area contributed by atoms with Crippen LogP contribution in [0.5, 0.6) is 0 Å². The van der Waals surface area contributed by atoms with Gasteiger partial charge in [-0.25, -0.2) is 10.2 Å². The summed E-state index contributed by atoms with van der Waals surface area (Å²) < 4.78 is 5.29. The predicted octanol–water partition coefficient (Wildman–Crippen LogP) is 0.761. The van der Waals surface area contributed by atoms with Crippen molar-refractivity contribution in [2.75, 3.05) is 0 Å². The molecule has 1 saturated carbocycles. The number of nitrogens with two attached hydrogens (primary N) is 1. The number of hydrogen-bond donors (Lipinski definition) is 4. The standard InChI is InChI=1S/C14H25N3O5/c1-8-5-6-14(10(18)19,11(20)22-13(2,3)4)7-9(8)16-17-12(15)21/h8-9,16H,5-7H2,1-4H3,(H,18,19)(H3,15,17,21)/t8-,9+,14+/m1/s1. The number of carbonyl (C=O) groups is 3. The zero-order chi connectivity index (χ0) is 17.1. The lowest BCUT2D eigenvalue weighted by molar-refractivity contribution is -0.181. The van der Waals surface area contributed by atoms with E-state index in [1.165, 1.54) is 0 Å². The average molecular weight is 315 g/mol. The van der Waals surface area contributed by atoms with Gasteiger partial charge in [0.05, 0.1) is 0 Å². The van der Waals surface area contributed by atoms with Gasteiger partial charge >= 0.3 is 18.0 Å². The normalized spacial score (nSPS) is 28.7. The van der Waals surface area contributed by atoms with Crippen LogP contribution in [0.2, 0.25) is 0 Å². The van der Waals surface area contributed by atoms with Crippen molar-refractivity contribution in [3.05, 3.63) is 0 Å². The molecule has 0 spiro atoms. The maximum atomic E-state index is 12.4. The van der Waals surface area contributed by atoms with Crippen LogP contribution >= 0.6 is 0 Å². The van der Waals surface area contributed by atoms with Gasteiger partial charge in [-0.2, -0.15) is 0 Å². The zero-order valence-corrected chi connectivity index (χ0v) is 13.4. The first kappa shape index (κ1) is 18.2. The lowest BCUT2D eigenvalue weighted by Gasteiger charge is -2.40. The topological polar surface area (TPSA) is 131 Å². The van der Waals surface area contributed by atoms with E-state index >= 15 is 0 Å². The van der Waals surface area contributed by atoms with E-state index in [0.717, 1.165) is 0 Å². The number of hydrogen-bond acceptors (Lipinski definition) is 5. The number of hydrazine groups is 1. The van der Waals surface area contributed by atoms with E-state index in [1.54, 1.807) is 20.8 Å². The molecule has 0 heterocycles. The van der Waals surface area contributed by atoms with Gasteiger partial charge in [-0.3, -0.25) is 15.0 Å². The number of carboxylic acids is 1. The van der Waals surface area contributed by atoms with Crippen molar-refractivity contribution in [1.29, 1.82) is 0 Å². The predicted molar refractivity (Wildman–Crippen MR) is 78.6 cm³/mol. The summed E-state index contributed by atoms with van der Waals surface area (Å²) in [6.45, 7) is 6.99. The molecule has 0 aliphatic heterocycles. The summed E-state index contributed by atoms with van der Waals surface area (Å²) in [5.74, 6) is -1.87. The molecule has 0 aromatic heterocycles. The fraction of sp³-hybridized carbons (Fsp3) is 0.786. The first-order valence-corrected chi connectivity index (χ1v) is 7.26. The lowest BCUT2D eigenvalue weighted by Crippen LogP contribution is -2.57. The second kappa shape index (κ2) is 6.51. The van der Waals surface area contributed by atoms with E-state index < -0.39 is 29.0 Å². The highest BCUT2D eigenvalue weighted by Gasteiger charge is 2.53. The number of aliphatic carboxylic acids is 1. The largest absolute Gasteiger partial charge is 0.480 e. The van der Waals surface area contributed by atoms with Crippen LogP contribution in [0.4, 0.5) is 4.79 Å². The van der Waals surface area contributed by atoms with Gasteiger partial charge in [0.15, 0.2) is 5.41 Å². The molecule has 0 saturated heterocycles. The van der Waals surface area contributed by atoms with Gasteiger partial charge in [-0.05, 0) is 46.0 Å². The van der Waals surface area contributed by atoms with Crippen molar-refractivity contribution in [2.45, 2.75) is 58.6 Å². The summed E-state index contributed by atoms with van der Waals surface area (Å²) in [4.78, 5) is 35.0. The molecule has 8 heteroatoms. The Kier molecular flexibility index (Phi) is 5.39. The number of primary amides is 1. The maximum Gasteiger partial charge on any atom is 0.326 e. The number of carboxylic acid groups (broad SMARTS) is 1. The number of amides is 2. The first-order valence-electron chi connectivity index (χ1n) is 7.26.